The van der Waals surface area contributed by atoms with Crippen molar-refractivity contribution in [1.29, 1.82) is 0 Å². The average Bonchev–Trinajstić information content (AvgIpc) is 3.02. The maximum Gasteiger partial charge on any atom is 0.0569 e. The quantitative estimate of drug-likeness (QED) is 0.481. The van der Waals surface area contributed by atoms with Gasteiger partial charge in [0.05, 0.1) is 6.10 Å². The van der Waals surface area contributed by atoms with E-state index in [9.17, 15) is 5.11 Å². The fraction of sp³-hybridized carbons (Fsp3) is 0.857. The molecule has 2 saturated carbocycles. The zero-order chi connectivity index (χ0) is 21.0. The summed E-state index contributed by atoms with van der Waals surface area (Å²) in [6.07, 6.45) is 15.5. The average molecular weight is 399 g/mol. The molecule has 4 aliphatic rings. The Hall–Kier alpha value is -0.560. The van der Waals surface area contributed by atoms with Crippen LogP contribution in [0.4, 0.5) is 0 Å². The molecule has 1 heteroatoms. The molecule has 164 valence electrons. The molecule has 0 heterocycles. The number of rotatable bonds is 4. The minimum absolute atomic E-state index is 0.0680. The molecule has 0 spiro atoms. The molecule has 29 heavy (non-hydrogen) atoms. The Morgan fingerprint density at radius 3 is 2.59 bits per heavy atom. The van der Waals surface area contributed by atoms with Gasteiger partial charge < -0.3 is 5.11 Å². The van der Waals surface area contributed by atoms with Gasteiger partial charge in [0, 0.05) is 0 Å². The van der Waals surface area contributed by atoms with Crippen LogP contribution in [-0.2, 0) is 0 Å². The Balaban J connectivity index is 1.57. The van der Waals surface area contributed by atoms with Crippen LogP contribution in [0, 0.1) is 40.4 Å². The predicted molar refractivity (Wildman–Crippen MR) is 124 cm³/mol. The van der Waals surface area contributed by atoms with Crippen LogP contribution in [0.25, 0.3) is 0 Å². The first kappa shape index (κ1) is 21.7. The largest absolute Gasteiger partial charge is 0.393 e. The summed E-state index contributed by atoms with van der Waals surface area (Å²) in [4.78, 5) is 0. The maximum absolute atomic E-state index is 10.5. The van der Waals surface area contributed by atoms with E-state index in [1.807, 2.05) is 11.1 Å². The molecule has 8 atom stereocenters. The lowest BCUT2D eigenvalue weighted by Crippen LogP contribution is -2.49. The third-order valence-corrected chi connectivity index (χ3v) is 10.4. The predicted octanol–water partition coefficient (Wildman–Crippen LogP) is 7.70. The van der Waals surface area contributed by atoms with E-state index in [0.29, 0.717) is 22.7 Å². The van der Waals surface area contributed by atoms with Crippen LogP contribution < -0.4 is 0 Å². The minimum atomic E-state index is -0.0680. The summed E-state index contributed by atoms with van der Waals surface area (Å²) < 4.78 is 0. The van der Waals surface area contributed by atoms with Crippen molar-refractivity contribution < 1.29 is 5.11 Å². The first-order valence-corrected chi connectivity index (χ1v) is 12.7. The number of allylic oxidation sites excluding steroid dienone is 4. The summed E-state index contributed by atoms with van der Waals surface area (Å²) in [5, 5.41) is 10.5. The second-order valence-electron chi connectivity index (χ2n) is 12.1. The lowest BCUT2D eigenvalue weighted by atomic mass is 9.49. The molecule has 0 aliphatic heterocycles. The Bertz CT molecular complexity index is 682. The Morgan fingerprint density at radius 1 is 1.10 bits per heavy atom. The fourth-order valence-electron chi connectivity index (χ4n) is 8.72. The molecule has 0 aromatic carbocycles. The molecule has 0 aromatic heterocycles. The van der Waals surface area contributed by atoms with Gasteiger partial charge in [0.25, 0.3) is 0 Å². The molecule has 0 radical (unpaired) electrons. The lowest BCUT2D eigenvalue weighted by Gasteiger charge is -2.56. The molecular formula is C28H46O. The Morgan fingerprint density at radius 2 is 1.86 bits per heavy atom. The monoisotopic (exact) mass is 398 g/mol. The van der Waals surface area contributed by atoms with Crippen LogP contribution in [0.5, 0.6) is 0 Å². The zero-order valence-electron chi connectivity index (χ0n) is 20.1. The second-order valence-corrected chi connectivity index (χ2v) is 12.1. The van der Waals surface area contributed by atoms with Gasteiger partial charge in [-0.1, -0.05) is 50.5 Å². The van der Waals surface area contributed by atoms with Gasteiger partial charge in [0.1, 0.15) is 0 Å². The zero-order valence-corrected chi connectivity index (χ0v) is 20.1. The summed E-state index contributed by atoms with van der Waals surface area (Å²) >= 11 is 0. The Labute approximate surface area is 180 Å². The maximum atomic E-state index is 10.5. The van der Waals surface area contributed by atoms with Crippen molar-refractivity contribution in [2.24, 2.45) is 40.4 Å². The summed E-state index contributed by atoms with van der Waals surface area (Å²) in [5.74, 6) is 3.78. The summed E-state index contributed by atoms with van der Waals surface area (Å²) in [6.45, 7) is 14.6. The van der Waals surface area contributed by atoms with Gasteiger partial charge in [-0.05, 0) is 118 Å². The smallest absolute Gasteiger partial charge is 0.0569 e. The van der Waals surface area contributed by atoms with Gasteiger partial charge >= 0.3 is 0 Å². The number of hydrogen-bond donors (Lipinski definition) is 1. The van der Waals surface area contributed by atoms with Gasteiger partial charge in [0.2, 0.25) is 0 Å². The topological polar surface area (TPSA) is 20.2 Å². The van der Waals surface area contributed by atoms with Crippen LogP contribution in [0.15, 0.2) is 22.8 Å². The summed E-state index contributed by atoms with van der Waals surface area (Å²) in [7, 11) is 0. The first-order chi connectivity index (χ1) is 13.7. The van der Waals surface area contributed by atoms with Gasteiger partial charge in [-0.3, -0.25) is 0 Å². The molecule has 1 nitrogen and oxygen atoms in total. The number of fused-ring (bicyclic) bond motifs is 4. The highest BCUT2D eigenvalue weighted by molar-refractivity contribution is 5.34. The van der Waals surface area contributed by atoms with Gasteiger partial charge in [0.15, 0.2) is 0 Å². The molecule has 0 saturated heterocycles. The van der Waals surface area contributed by atoms with E-state index >= 15 is 0 Å². The molecule has 0 bridgehead atoms. The van der Waals surface area contributed by atoms with Gasteiger partial charge in [-0.2, -0.15) is 0 Å². The molecule has 4 rings (SSSR count). The summed E-state index contributed by atoms with van der Waals surface area (Å²) in [5.41, 5.74) is 6.15. The third-order valence-electron chi connectivity index (χ3n) is 10.4. The number of aliphatic hydroxyl groups excluding tert-OH is 1. The van der Waals surface area contributed by atoms with Crippen molar-refractivity contribution in [2.75, 3.05) is 0 Å². The number of hydrogen-bond acceptors (Lipinski definition) is 1. The van der Waals surface area contributed by atoms with Gasteiger partial charge in [-0.15, -0.1) is 0 Å². The highest BCUT2D eigenvalue weighted by Crippen LogP contribution is 2.66. The van der Waals surface area contributed by atoms with E-state index in [4.69, 9.17) is 0 Å². The standard InChI is InChI=1S/C28H46O/c1-18(2)8-7-9-19(3)22-12-13-24-21-10-11-23-20(4)26(29)15-17-28(23,6)25(21)14-16-27(22,24)5/h8,19-20,22-24,26,29H,7,9-17H2,1-6H3/t19-,20?,22-,23?,24+,26?,27-,28+/m1/s1. The molecule has 3 unspecified atom stereocenters. The molecule has 0 aromatic rings. The molecule has 0 amide bonds. The Kier molecular flexibility index (Phi) is 5.86. The minimum Gasteiger partial charge on any atom is -0.393 e. The van der Waals surface area contributed by atoms with Crippen LogP contribution in [0.1, 0.15) is 106 Å². The number of aliphatic hydroxyl groups is 1. The molecule has 2 fully saturated rings. The van der Waals surface area contributed by atoms with E-state index in [1.165, 1.54) is 63.4 Å². The van der Waals surface area contributed by atoms with Crippen LogP contribution >= 0.6 is 0 Å². The van der Waals surface area contributed by atoms with E-state index in [-0.39, 0.29) is 6.10 Å². The SMILES string of the molecule is CC(C)=CCC[C@@H](C)[C@H]1CC[C@H]2C3=C(CC[C@]12C)[C@@]1(C)CCC(O)C(C)C1CC3. The van der Waals surface area contributed by atoms with E-state index < -0.39 is 0 Å². The second kappa shape index (κ2) is 7.85. The summed E-state index contributed by atoms with van der Waals surface area (Å²) in [6, 6.07) is 0. The molecule has 1 N–H and O–H groups in total. The normalized spacial score (nSPS) is 45.3. The first-order valence-electron chi connectivity index (χ1n) is 12.7. The van der Waals surface area contributed by atoms with Crippen molar-refractivity contribution >= 4 is 0 Å². The van der Waals surface area contributed by atoms with E-state index in [1.54, 1.807) is 0 Å². The third kappa shape index (κ3) is 3.48. The van der Waals surface area contributed by atoms with Crippen molar-refractivity contribution in [3.05, 3.63) is 22.8 Å². The van der Waals surface area contributed by atoms with E-state index in [2.05, 4.69) is 47.6 Å². The van der Waals surface area contributed by atoms with Gasteiger partial charge in [-0.25, -0.2) is 0 Å². The van der Waals surface area contributed by atoms with Crippen molar-refractivity contribution in [1.82, 2.24) is 0 Å². The van der Waals surface area contributed by atoms with Crippen LogP contribution in [-0.4, -0.2) is 11.2 Å². The lowest BCUT2D eigenvalue weighted by molar-refractivity contribution is -0.0336. The van der Waals surface area contributed by atoms with Crippen molar-refractivity contribution in [3.8, 4) is 0 Å². The van der Waals surface area contributed by atoms with Crippen LogP contribution in [0.2, 0.25) is 0 Å². The van der Waals surface area contributed by atoms with Crippen molar-refractivity contribution in [2.45, 2.75) is 112 Å². The molecule has 4 aliphatic carbocycles. The highest BCUT2D eigenvalue weighted by Gasteiger charge is 2.56. The molecular weight excluding hydrogens is 352 g/mol. The highest BCUT2D eigenvalue weighted by atomic mass is 16.3. The van der Waals surface area contributed by atoms with Crippen molar-refractivity contribution in [3.63, 3.8) is 0 Å². The van der Waals surface area contributed by atoms with Crippen LogP contribution in [0.3, 0.4) is 0 Å². The van der Waals surface area contributed by atoms with E-state index in [0.717, 1.165) is 24.2 Å². The fourth-order valence-corrected chi connectivity index (χ4v) is 8.72.